The Kier molecular flexibility index (Phi) is 6.21. The number of carbonyl (C=O) groups is 2. The van der Waals surface area contributed by atoms with Crippen LogP contribution in [0.1, 0.15) is 54.4 Å². The first-order valence-electron chi connectivity index (χ1n) is 6.12. The molecule has 0 saturated carbocycles. The highest BCUT2D eigenvalue weighted by Gasteiger charge is 2.34. The van der Waals surface area contributed by atoms with Crippen LogP contribution in [-0.4, -0.2) is 23.6 Å². The molecule has 0 fully saturated rings. The summed E-state index contributed by atoms with van der Waals surface area (Å²) in [6.07, 6.45) is 0.879. The highest BCUT2D eigenvalue weighted by molar-refractivity contribution is 5.82. The fraction of sp³-hybridized carbons (Fsp3) is 0.846. The average Bonchev–Trinajstić information content (AvgIpc) is 2.15. The Morgan fingerprint density at radius 2 is 1.71 bits per heavy atom. The summed E-state index contributed by atoms with van der Waals surface area (Å²) in [6, 6.07) is 0. The Hall–Kier alpha value is -1.06. The van der Waals surface area contributed by atoms with Crippen LogP contribution in [0.5, 0.6) is 0 Å². The lowest BCUT2D eigenvalue weighted by atomic mass is 10.1. The quantitative estimate of drug-likeness (QED) is 0.674. The third-order valence-electron chi connectivity index (χ3n) is 2.26. The summed E-state index contributed by atoms with van der Waals surface area (Å²) in [5.41, 5.74) is -1.21. The SMILES string of the molecule is CCC(=O)OC(C)(C)C(=O)OC(C)CC(C)C. The molecule has 1 atom stereocenters. The van der Waals surface area contributed by atoms with Crippen molar-refractivity contribution in [2.24, 2.45) is 5.92 Å². The zero-order valence-electron chi connectivity index (χ0n) is 11.7. The molecule has 0 spiro atoms. The highest BCUT2D eigenvalue weighted by Crippen LogP contribution is 2.16. The van der Waals surface area contributed by atoms with E-state index in [0.717, 1.165) is 6.42 Å². The summed E-state index contributed by atoms with van der Waals surface area (Å²) in [5.74, 6) is -0.435. The molecule has 0 aromatic carbocycles. The molecule has 0 aliphatic carbocycles. The van der Waals surface area contributed by atoms with Gasteiger partial charge in [0.05, 0.1) is 6.10 Å². The van der Waals surface area contributed by atoms with E-state index >= 15 is 0 Å². The first-order chi connectivity index (χ1) is 7.69. The lowest BCUT2D eigenvalue weighted by molar-refractivity contribution is -0.182. The lowest BCUT2D eigenvalue weighted by Gasteiger charge is -2.25. The zero-order chi connectivity index (χ0) is 13.6. The standard InChI is InChI=1S/C13H24O4/c1-7-11(14)17-13(5,6)12(15)16-10(4)8-9(2)3/h9-10H,7-8H2,1-6H3. The van der Waals surface area contributed by atoms with Gasteiger partial charge in [-0.2, -0.15) is 0 Å². The molecule has 0 rings (SSSR count). The number of ether oxygens (including phenoxy) is 2. The van der Waals surface area contributed by atoms with Crippen LogP contribution in [0.15, 0.2) is 0 Å². The van der Waals surface area contributed by atoms with Gasteiger partial charge in [0, 0.05) is 6.42 Å². The zero-order valence-corrected chi connectivity index (χ0v) is 11.7. The molecule has 0 radical (unpaired) electrons. The Morgan fingerprint density at radius 1 is 1.18 bits per heavy atom. The summed E-state index contributed by atoms with van der Waals surface area (Å²) in [5, 5.41) is 0. The van der Waals surface area contributed by atoms with Crippen molar-refractivity contribution in [3.05, 3.63) is 0 Å². The minimum Gasteiger partial charge on any atom is -0.460 e. The van der Waals surface area contributed by atoms with Crippen molar-refractivity contribution in [1.82, 2.24) is 0 Å². The van der Waals surface area contributed by atoms with Crippen molar-refractivity contribution in [2.75, 3.05) is 0 Å². The lowest BCUT2D eigenvalue weighted by Crippen LogP contribution is -2.40. The van der Waals surface area contributed by atoms with E-state index in [1.165, 1.54) is 0 Å². The van der Waals surface area contributed by atoms with Crippen LogP contribution >= 0.6 is 0 Å². The Morgan fingerprint density at radius 3 is 2.12 bits per heavy atom. The maximum Gasteiger partial charge on any atom is 0.350 e. The number of rotatable bonds is 6. The molecule has 17 heavy (non-hydrogen) atoms. The fourth-order valence-corrected chi connectivity index (χ4v) is 1.44. The van der Waals surface area contributed by atoms with E-state index < -0.39 is 17.5 Å². The first kappa shape index (κ1) is 15.9. The number of esters is 2. The van der Waals surface area contributed by atoms with Gasteiger partial charge in [0.15, 0.2) is 0 Å². The van der Waals surface area contributed by atoms with Crippen molar-refractivity contribution >= 4 is 11.9 Å². The van der Waals surface area contributed by atoms with Crippen LogP contribution in [0.2, 0.25) is 0 Å². The summed E-state index contributed by atoms with van der Waals surface area (Å²) < 4.78 is 10.3. The second kappa shape index (κ2) is 6.62. The third kappa shape index (κ3) is 6.29. The molecule has 0 aromatic rings. The number of hydrogen-bond donors (Lipinski definition) is 0. The minimum atomic E-state index is -1.21. The Bertz CT molecular complexity index is 269. The van der Waals surface area contributed by atoms with E-state index in [2.05, 4.69) is 13.8 Å². The smallest absolute Gasteiger partial charge is 0.350 e. The molecule has 4 heteroatoms. The molecule has 0 aliphatic heterocycles. The van der Waals surface area contributed by atoms with Gasteiger partial charge in [0.25, 0.3) is 0 Å². The van der Waals surface area contributed by atoms with Gasteiger partial charge in [0.2, 0.25) is 5.60 Å². The Balaban J connectivity index is 4.33. The molecule has 0 amide bonds. The van der Waals surface area contributed by atoms with Crippen LogP contribution in [0.3, 0.4) is 0 Å². The molecule has 0 N–H and O–H groups in total. The first-order valence-corrected chi connectivity index (χ1v) is 6.12. The molecular formula is C13H24O4. The third-order valence-corrected chi connectivity index (χ3v) is 2.26. The van der Waals surface area contributed by atoms with E-state index in [1.807, 2.05) is 6.92 Å². The van der Waals surface area contributed by atoms with Gasteiger partial charge in [-0.1, -0.05) is 20.8 Å². The summed E-state index contributed by atoms with van der Waals surface area (Å²) in [7, 11) is 0. The number of carbonyl (C=O) groups excluding carboxylic acids is 2. The van der Waals surface area contributed by atoms with Gasteiger partial charge in [-0.25, -0.2) is 4.79 Å². The van der Waals surface area contributed by atoms with Crippen LogP contribution in [0.4, 0.5) is 0 Å². The van der Waals surface area contributed by atoms with Crippen molar-refractivity contribution in [3.8, 4) is 0 Å². The van der Waals surface area contributed by atoms with Crippen LogP contribution in [0.25, 0.3) is 0 Å². The largest absolute Gasteiger partial charge is 0.460 e. The predicted octanol–water partition coefficient (Wildman–Crippen LogP) is 2.70. The second-order valence-electron chi connectivity index (χ2n) is 5.18. The summed E-state index contributed by atoms with van der Waals surface area (Å²) in [4.78, 5) is 23.0. The van der Waals surface area contributed by atoms with Gasteiger partial charge in [-0.05, 0) is 33.1 Å². The molecule has 4 nitrogen and oxygen atoms in total. The van der Waals surface area contributed by atoms with Crippen LogP contribution in [-0.2, 0) is 19.1 Å². The topological polar surface area (TPSA) is 52.6 Å². The van der Waals surface area contributed by atoms with Crippen molar-refractivity contribution in [3.63, 3.8) is 0 Å². The average molecular weight is 244 g/mol. The van der Waals surface area contributed by atoms with E-state index in [0.29, 0.717) is 5.92 Å². The summed E-state index contributed by atoms with van der Waals surface area (Å²) >= 11 is 0. The van der Waals surface area contributed by atoms with Gasteiger partial charge in [0.1, 0.15) is 0 Å². The Labute approximate surface area is 104 Å². The normalized spacial score (nSPS) is 13.4. The van der Waals surface area contributed by atoms with Crippen LogP contribution < -0.4 is 0 Å². The van der Waals surface area contributed by atoms with E-state index in [9.17, 15) is 9.59 Å². The maximum atomic E-state index is 11.8. The van der Waals surface area contributed by atoms with E-state index in [-0.39, 0.29) is 12.5 Å². The molecule has 0 aliphatic rings. The fourth-order valence-electron chi connectivity index (χ4n) is 1.44. The van der Waals surface area contributed by atoms with E-state index in [4.69, 9.17) is 9.47 Å². The number of hydrogen-bond acceptors (Lipinski definition) is 4. The predicted molar refractivity (Wildman–Crippen MR) is 65.5 cm³/mol. The minimum absolute atomic E-state index is 0.165. The second-order valence-corrected chi connectivity index (χ2v) is 5.18. The van der Waals surface area contributed by atoms with Gasteiger partial charge in [-0.15, -0.1) is 0 Å². The van der Waals surface area contributed by atoms with Crippen LogP contribution in [0, 0.1) is 5.92 Å². The maximum absolute atomic E-state index is 11.8. The van der Waals surface area contributed by atoms with E-state index in [1.54, 1.807) is 20.8 Å². The molecule has 0 bridgehead atoms. The van der Waals surface area contributed by atoms with Crippen molar-refractivity contribution in [1.29, 1.82) is 0 Å². The molecule has 0 saturated heterocycles. The molecule has 0 aromatic heterocycles. The van der Waals surface area contributed by atoms with Gasteiger partial charge >= 0.3 is 11.9 Å². The van der Waals surface area contributed by atoms with Crippen molar-refractivity contribution < 1.29 is 19.1 Å². The highest BCUT2D eigenvalue weighted by atomic mass is 16.6. The monoisotopic (exact) mass is 244 g/mol. The van der Waals surface area contributed by atoms with Gasteiger partial charge in [-0.3, -0.25) is 4.79 Å². The summed E-state index contributed by atoms with van der Waals surface area (Å²) in [6.45, 7) is 10.7. The molecule has 1 unspecified atom stereocenters. The van der Waals surface area contributed by atoms with Gasteiger partial charge < -0.3 is 9.47 Å². The molecular weight excluding hydrogens is 220 g/mol. The molecule has 0 heterocycles. The van der Waals surface area contributed by atoms with Crippen molar-refractivity contribution in [2.45, 2.75) is 66.1 Å². The molecule has 100 valence electrons.